The van der Waals surface area contributed by atoms with E-state index in [2.05, 4.69) is 45.5 Å². The van der Waals surface area contributed by atoms with Crippen LogP contribution in [0.4, 0.5) is 0 Å². The van der Waals surface area contributed by atoms with Gasteiger partial charge in [0.1, 0.15) is 12.1 Å². The quantitative estimate of drug-likeness (QED) is 0.498. The number of H-pyrrole nitrogens is 1. The number of aldehydes is 1. The Kier molecular flexibility index (Phi) is 5.14. The van der Waals surface area contributed by atoms with Crippen molar-refractivity contribution in [2.24, 2.45) is 0 Å². The van der Waals surface area contributed by atoms with E-state index in [0.717, 1.165) is 55.6 Å². The lowest BCUT2D eigenvalue weighted by molar-refractivity contribution is -0.107. The summed E-state index contributed by atoms with van der Waals surface area (Å²) in [5, 5.41) is 10.9. The molecule has 4 nitrogen and oxygen atoms in total. The molecule has 0 fully saturated rings. The van der Waals surface area contributed by atoms with Crippen LogP contribution in [0.2, 0.25) is 0 Å². The van der Waals surface area contributed by atoms with Gasteiger partial charge in [0.05, 0.1) is 0 Å². The van der Waals surface area contributed by atoms with Crippen molar-refractivity contribution >= 4 is 17.1 Å². The molecule has 1 N–H and O–H groups in total. The fraction of sp³-hybridized carbons (Fsp3) is 0.316. The Bertz CT molecular complexity index is 779. The molecule has 0 aliphatic heterocycles. The molecule has 0 atom stereocenters. The molecule has 0 spiro atoms. The number of benzene rings is 2. The van der Waals surface area contributed by atoms with Crippen LogP contribution in [0, 0.1) is 0 Å². The van der Waals surface area contributed by atoms with Gasteiger partial charge in [0.15, 0.2) is 5.82 Å². The van der Waals surface area contributed by atoms with Crippen molar-refractivity contribution in [1.29, 1.82) is 0 Å². The second-order valence-corrected chi connectivity index (χ2v) is 5.80. The van der Waals surface area contributed by atoms with E-state index in [1.54, 1.807) is 0 Å². The molecule has 4 heteroatoms. The highest BCUT2D eigenvalue weighted by Gasteiger charge is 2.06. The summed E-state index contributed by atoms with van der Waals surface area (Å²) in [5.74, 6) is 1.76. The van der Waals surface area contributed by atoms with Gasteiger partial charge >= 0.3 is 0 Å². The monoisotopic (exact) mass is 307 g/mol. The lowest BCUT2D eigenvalue weighted by Gasteiger charge is -2.00. The minimum Gasteiger partial charge on any atom is -0.325 e. The molecule has 0 radical (unpaired) electrons. The minimum atomic E-state index is 0.675. The van der Waals surface area contributed by atoms with Gasteiger partial charge in [-0.05, 0) is 29.7 Å². The van der Waals surface area contributed by atoms with Crippen LogP contribution >= 0.6 is 0 Å². The van der Waals surface area contributed by atoms with Crippen LogP contribution in [-0.4, -0.2) is 21.5 Å². The SMILES string of the molecule is O=CCCCCCCc1nnc(-c2ccc3ccccc3c2)[nH]1. The number of aryl methyl sites for hydroxylation is 1. The van der Waals surface area contributed by atoms with Crippen LogP contribution in [0.5, 0.6) is 0 Å². The predicted octanol–water partition coefficient (Wildman–Crippen LogP) is 4.32. The summed E-state index contributed by atoms with van der Waals surface area (Å²) in [6, 6.07) is 14.6. The van der Waals surface area contributed by atoms with Crippen molar-refractivity contribution in [3.05, 3.63) is 48.3 Å². The maximum absolute atomic E-state index is 10.3. The topological polar surface area (TPSA) is 58.6 Å². The molecular weight excluding hydrogens is 286 g/mol. The molecule has 118 valence electrons. The van der Waals surface area contributed by atoms with E-state index >= 15 is 0 Å². The second kappa shape index (κ2) is 7.68. The van der Waals surface area contributed by atoms with Crippen molar-refractivity contribution < 1.29 is 4.79 Å². The summed E-state index contributed by atoms with van der Waals surface area (Å²) in [7, 11) is 0. The van der Waals surface area contributed by atoms with E-state index in [4.69, 9.17) is 0 Å². The van der Waals surface area contributed by atoms with E-state index in [-0.39, 0.29) is 0 Å². The maximum Gasteiger partial charge on any atom is 0.161 e. The van der Waals surface area contributed by atoms with Crippen LogP contribution < -0.4 is 0 Å². The van der Waals surface area contributed by atoms with E-state index in [1.165, 1.54) is 10.8 Å². The summed E-state index contributed by atoms with van der Waals surface area (Å²) >= 11 is 0. The zero-order chi connectivity index (χ0) is 15.9. The van der Waals surface area contributed by atoms with Crippen molar-refractivity contribution in [2.45, 2.75) is 38.5 Å². The van der Waals surface area contributed by atoms with Crippen molar-refractivity contribution in [3.63, 3.8) is 0 Å². The molecule has 0 saturated carbocycles. The highest BCUT2D eigenvalue weighted by molar-refractivity contribution is 5.86. The van der Waals surface area contributed by atoms with Crippen LogP contribution in [0.25, 0.3) is 22.2 Å². The Morgan fingerprint density at radius 3 is 2.61 bits per heavy atom. The fourth-order valence-electron chi connectivity index (χ4n) is 2.75. The van der Waals surface area contributed by atoms with Gasteiger partial charge in [-0.15, -0.1) is 10.2 Å². The zero-order valence-corrected chi connectivity index (χ0v) is 13.2. The molecule has 23 heavy (non-hydrogen) atoms. The maximum atomic E-state index is 10.3. The molecule has 1 heterocycles. The molecule has 3 aromatic rings. The fourth-order valence-corrected chi connectivity index (χ4v) is 2.75. The summed E-state index contributed by atoms with van der Waals surface area (Å²) in [6.45, 7) is 0. The smallest absolute Gasteiger partial charge is 0.161 e. The van der Waals surface area contributed by atoms with E-state index < -0.39 is 0 Å². The molecule has 0 unspecified atom stereocenters. The van der Waals surface area contributed by atoms with E-state index in [1.807, 2.05) is 12.1 Å². The van der Waals surface area contributed by atoms with Gasteiger partial charge in [0.2, 0.25) is 0 Å². The van der Waals surface area contributed by atoms with Crippen LogP contribution in [-0.2, 0) is 11.2 Å². The van der Waals surface area contributed by atoms with Crippen LogP contribution in [0.15, 0.2) is 42.5 Å². The first-order valence-electron chi connectivity index (χ1n) is 8.21. The largest absolute Gasteiger partial charge is 0.325 e. The molecule has 3 rings (SSSR count). The molecule has 0 aliphatic carbocycles. The molecule has 0 saturated heterocycles. The number of aromatic amines is 1. The number of rotatable bonds is 8. The molecular formula is C19H21N3O. The van der Waals surface area contributed by atoms with Gasteiger partial charge in [-0.3, -0.25) is 0 Å². The number of unbranched alkanes of at least 4 members (excludes halogenated alkanes) is 4. The molecule has 1 aromatic heterocycles. The van der Waals surface area contributed by atoms with E-state index in [9.17, 15) is 4.79 Å². The first kappa shape index (κ1) is 15.4. The minimum absolute atomic E-state index is 0.675. The third-order valence-corrected chi connectivity index (χ3v) is 4.04. The zero-order valence-electron chi connectivity index (χ0n) is 13.2. The summed E-state index contributed by atoms with van der Waals surface area (Å²) in [6.07, 6.45) is 6.86. The number of nitrogens with one attached hydrogen (secondary N) is 1. The molecule has 0 aliphatic rings. The number of carbonyl (C=O) groups is 1. The highest BCUT2D eigenvalue weighted by atomic mass is 16.1. The average Bonchev–Trinajstić information content (AvgIpc) is 3.06. The molecule has 0 amide bonds. The first-order valence-corrected chi connectivity index (χ1v) is 8.21. The number of aromatic nitrogens is 3. The van der Waals surface area contributed by atoms with Crippen LogP contribution in [0.1, 0.15) is 37.9 Å². The Hall–Kier alpha value is -2.49. The molecule has 2 aromatic carbocycles. The van der Waals surface area contributed by atoms with Gasteiger partial charge in [-0.25, -0.2) is 0 Å². The Morgan fingerprint density at radius 1 is 0.913 bits per heavy atom. The third-order valence-electron chi connectivity index (χ3n) is 4.04. The number of nitrogens with zero attached hydrogens (tertiary/aromatic N) is 2. The second-order valence-electron chi connectivity index (χ2n) is 5.80. The van der Waals surface area contributed by atoms with Crippen molar-refractivity contribution in [1.82, 2.24) is 15.2 Å². The normalized spacial score (nSPS) is 11.0. The summed E-state index contributed by atoms with van der Waals surface area (Å²) in [5.41, 5.74) is 1.06. The van der Waals surface area contributed by atoms with Crippen LogP contribution in [0.3, 0.4) is 0 Å². The lowest BCUT2D eigenvalue weighted by Crippen LogP contribution is -1.89. The van der Waals surface area contributed by atoms with E-state index in [0.29, 0.717) is 6.42 Å². The van der Waals surface area contributed by atoms with Gasteiger partial charge in [-0.2, -0.15) is 0 Å². The van der Waals surface area contributed by atoms with Crippen molar-refractivity contribution in [2.75, 3.05) is 0 Å². The number of fused-ring (bicyclic) bond motifs is 1. The standard InChI is InChI=1S/C19H21N3O/c23-13-7-3-1-2-4-10-18-20-19(22-21-18)17-12-11-15-8-5-6-9-16(15)14-17/h5-6,8-9,11-14H,1-4,7,10H2,(H,20,21,22). The highest BCUT2D eigenvalue weighted by Crippen LogP contribution is 2.22. The van der Waals surface area contributed by atoms with Gasteiger partial charge in [0.25, 0.3) is 0 Å². The number of hydrogen-bond donors (Lipinski definition) is 1. The third kappa shape index (κ3) is 4.03. The summed E-state index contributed by atoms with van der Waals surface area (Å²) in [4.78, 5) is 13.6. The number of carbonyl (C=O) groups excluding carboxylic acids is 1. The Morgan fingerprint density at radius 2 is 1.74 bits per heavy atom. The van der Waals surface area contributed by atoms with Crippen molar-refractivity contribution in [3.8, 4) is 11.4 Å². The van der Waals surface area contributed by atoms with Gasteiger partial charge in [0, 0.05) is 18.4 Å². The van der Waals surface area contributed by atoms with Gasteiger partial charge in [-0.1, -0.05) is 49.2 Å². The average molecular weight is 307 g/mol. The summed E-state index contributed by atoms with van der Waals surface area (Å²) < 4.78 is 0. The first-order chi connectivity index (χ1) is 11.4. The number of hydrogen-bond acceptors (Lipinski definition) is 3. The predicted molar refractivity (Wildman–Crippen MR) is 92.2 cm³/mol. The van der Waals surface area contributed by atoms with Gasteiger partial charge < -0.3 is 9.78 Å². The lowest BCUT2D eigenvalue weighted by atomic mass is 10.1. The molecule has 0 bridgehead atoms. The Labute approximate surface area is 136 Å². The Balaban J connectivity index is 1.60.